The Hall–Kier alpha value is -2.60. The molecule has 0 aromatic carbocycles. The smallest absolute Gasteiger partial charge is 0.221 e. The molecule has 4 aliphatic rings. The van der Waals surface area contributed by atoms with Crippen molar-refractivity contribution in [1.82, 2.24) is 20.2 Å². The van der Waals surface area contributed by atoms with Crippen molar-refractivity contribution in [2.75, 3.05) is 32.1 Å². The normalized spacial score (nSPS) is 28.7. The average Bonchev–Trinajstić information content (AvgIpc) is 3.10. The SMILES string of the molecule is COc1ncccc1-c1ccnc(NC2=CC[C@@]3(CN4CCC3CC4)N2)c1. The van der Waals surface area contributed by atoms with E-state index in [-0.39, 0.29) is 5.54 Å². The Morgan fingerprint density at radius 1 is 1.22 bits per heavy atom. The Morgan fingerprint density at radius 2 is 2.11 bits per heavy atom. The fraction of sp³-hybridized carbons (Fsp3) is 0.429. The van der Waals surface area contributed by atoms with Gasteiger partial charge in [-0.05, 0) is 74.2 Å². The van der Waals surface area contributed by atoms with Gasteiger partial charge in [-0.25, -0.2) is 9.97 Å². The van der Waals surface area contributed by atoms with Crippen molar-refractivity contribution in [2.45, 2.75) is 24.8 Å². The van der Waals surface area contributed by atoms with Crippen molar-refractivity contribution in [2.24, 2.45) is 5.92 Å². The zero-order chi connectivity index (χ0) is 18.3. The zero-order valence-electron chi connectivity index (χ0n) is 15.6. The molecule has 0 amide bonds. The Labute approximate surface area is 159 Å². The molecule has 0 saturated carbocycles. The van der Waals surface area contributed by atoms with Crippen molar-refractivity contribution in [3.05, 3.63) is 48.6 Å². The molecule has 6 rings (SSSR count). The summed E-state index contributed by atoms with van der Waals surface area (Å²) in [6.45, 7) is 3.67. The van der Waals surface area contributed by atoms with Gasteiger partial charge in [-0.2, -0.15) is 0 Å². The van der Waals surface area contributed by atoms with Crippen molar-refractivity contribution >= 4 is 5.82 Å². The van der Waals surface area contributed by atoms with Crippen LogP contribution in [0.1, 0.15) is 19.3 Å². The third-order valence-electron chi connectivity index (χ3n) is 6.23. The monoisotopic (exact) mass is 363 g/mol. The minimum atomic E-state index is 0.211. The van der Waals surface area contributed by atoms with Crippen LogP contribution in [0.2, 0.25) is 0 Å². The molecule has 140 valence electrons. The second-order valence-electron chi connectivity index (χ2n) is 7.77. The van der Waals surface area contributed by atoms with Crippen LogP contribution in [0.3, 0.4) is 0 Å². The molecule has 27 heavy (non-hydrogen) atoms. The third-order valence-corrected chi connectivity index (χ3v) is 6.23. The number of ether oxygens (including phenoxy) is 1. The summed E-state index contributed by atoms with van der Waals surface area (Å²) in [4.78, 5) is 11.4. The lowest BCUT2D eigenvalue weighted by Crippen LogP contribution is -2.64. The Balaban J connectivity index is 1.34. The molecule has 6 heterocycles. The molecule has 3 saturated heterocycles. The Morgan fingerprint density at radius 3 is 2.89 bits per heavy atom. The van der Waals surface area contributed by atoms with Gasteiger partial charge in [0.2, 0.25) is 5.88 Å². The molecule has 2 bridgehead atoms. The summed E-state index contributed by atoms with van der Waals surface area (Å²) in [6, 6.07) is 7.96. The van der Waals surface area contributed by atoms with E-state index in [4.69, 9.17) is 4.74 Å². The zero-order valence-corrected chi connectivity index (χ0v) is 15.6. The first kappa shape index (κ1) is 16.6. The molecular weight excluding hydrogens is 338 g/mol. The first-order chi connectivity index (χ1) is 13.3. The van der Waals surface area contributed by atoms with Crippen LogP contribution in [0.15, 0.2) is 48.6 Å². The molecule has 2 aromatic rings. The topological polar surface area (TPSA) is 62.3 Å². The third kappa shape index (κ3) is 2.94. The summed E-state index contributed by atoms with van der Waals surface area (Å²) in [5, 5.41) is 7.28. The molecule has 2 aromatic heterocycles. The van der Waals surface area contributed by atoms with E-state index in [1.165, 1.54) is 25.9 Å². The van der Waals surface area contributed by atoms with Crippen LogP contribution in [-0.4, -0.2) is 47.2 Å². The molecule has 0 unspecified atom stereocenters. The van der Waals surface area contributed by atoms with E-state index in [1.54, 1.807) is 13.3 Å². The number of hydrogen-bond acceptors (Lipinski definition) is 6. The van der Waals surface area contributed by atoms with Gasteiger partial charge >= 0.3 is 0 Å². The minimum absolute atomic E-state index is 0.211. The number of nitrogens with one attached hydrogen (secondary N) is 2. The second kappa shape index (κ2) is 6.53. The van der Waals surface area contributed by atoms with E-state index < -0.39 is 0 Å². The highest BCUT2D eigenvalue weighted by molar-refractivity contribution is 5.70. The van der Waals surface area contributed by atoms with Crippen LogP contribution < -0.4 is 15.4 Å². The van der Waals surface area contributed by atoms with Gasteiger partial charge in [0.15, 0.2) is 0 Å². The molecular formula is C21H25N5O. The number of hydrogen-bond donors (Lipinski definition) is 2. The molecule has 6 nitrogen and oxygen atoms in total. The van der Waals surface area contributed by atoms with Crippen molar-refractivity contribution in [3.8, 4) is 17.0 Å². The lowest BCUT2D eigenvalue weighted by atomic mass is 9.72. The van der Waals surface area contributed by atoms with Crippen LogP contribution in [-0.2, 0) is 0 Å². The number of fused-ring (bicyclic) bond motifs is 2. The average molecular weight is 363 g/mol. The molecule has 3 fully saturated rings. The lowest BCUT2D eigenvalue weighted by molar-refractivity contribution is 0.0189. The standard InChI is InChI=1S/C21H25N5O/c1-27-20-17(3-2-9-23-20)15-5-10-22-19(13-15)24-18-4-8-21(25-18)14-26-11-6-16(21)7-12-26/h2-5,9-10,13,16,25H,6-8,11-12,14H2,1H3,(H,22,24)/t21-/m0/s1. The number of rotatable bonds is 4. The molecule has 0 radical (unpaired) electrons. The van der Waals surface area contributed by atoms with E-state index >= 15 is 0 Å². The number of aromatic nitrogens is 2. The van der Waals surface area contributed by atoms with Crippen molar-refractivity contribution < 1.29 is 4.74 Å². The maximum Gasteiger partial charge on any atom is 0.221 e. The summed E-state index contributed by atoms with van der Waals surface area (Å²) in [5.74, 6) is 3.30. The quantitative estimate of drug-likeness (QED) is 0.871. The van der Waals surface area contributed by atoms with Crippen LogP contribution in [0, 0.1) is 5.92 Å². The Kier molecular flexibility index (Phi) is 4.01. The van der Waals surface area contributed by atoms with Crippen molar-refractivity contribution in [1.29, 1.82) is 0 Å². The summed E-state index contributed by atoms with van der Waals surface area (Å²) >= 11 is 0. The van der Waals surface area contributed by atoms with Crippen LogP contribution in [0.4, 0.5) is 5.82 Å². The summed E-state index contributed by atoms with van der Waals surface area (Å²) < 4.78 is 5.40. The molecule has 6 heteroatoms. The summed E-state index contributed by atoms with van der Waals surface area (Å²) in [5.41, 5.74) is 2.21. The van der Waals surface area contributed by atoms with Gasteiger partial charge < -0.3 is 20.3 Å². The second-order valence-corrected chi connectivity index (χ2v) is 7.77. The highest BCUT2D eigenvalue weighted by Crippen LogP contribution is 2.41. The number of nitrogens with zero attached hydrogens (tertiary/aromatic N) is 3. The minimum Gasteiger partial charge on any atom is -0.481 e. The molecule has 2 N–H and O–H groups in total. The number of methoxy groups -OCH3 is 1. The predicted octanol–water partition coefficient (Wildman–Crippen LogP) is 2.86. The van der Waals surface area contributed by atoms with Gasteiger partial charge in [0.25, 0.3) is 0 Å². The maximum absolute atomic E-state index is 5.40. The highest BCUT2D eigenvalue weighted by atomic mass is 16.5. The number of pyridine rings is 2. The van der Waals surface area contributed by atoms with Gasteiger partial charge in [-0.1, -0.05) is 0 Å². The van der Waals surface area contributed by atoms with E-state index in [1.807, 2.05) is 30.5 Å². The number of piperidine rings is 3. The first-order valence-corrected chi connectivity index (χ1v) is 9.69. The van der Waals surface area contributed by atoms with Gasteiger partial charge in [-0.3, -0.25) is 0 Å². The summed E-state index contributed by atoms with van der Waals surface area (Å²) in [7, 11) is 1.65. The predicted molar refractivity (Wildman–Crippen MR) is 105 cm³/mol. The van der Waals surface area contributed by atoms with Crippen LogP contribution >= 0.6 is 0 Å². The first-order valence-electron chi connectivity index (χ1n) is 9.69. The highest BCUT2D eigenvalue weighted by Gasteiger charge is 2.48. The van der Waals surface area contributed by atoms with Crippen LogP contribution in [0.25, 0.3) is 11.1 Å². The van der Waals surface area contributed by atoms with E-state index in [0.717, 1.165) is 41.6 Å². The number of anilines is 1. The van der Waals surface area contributed by atoms with E-state index in [0.29, 0.717) is 5.88 Å². The maximum atomic E-state index is 5.40. The fourth-order valence-electron chi connectivity index (χ4n) is 4.86. The van der Waals surface area contributed by atoms with E-state index in [9.17, 15) is 0 Å². The van der Waals surface area contributed by atoms with Crippen molar-refractivity contribution in [3.63, 3.8) is 0 Å². The molecule has 1 spiro atoms. The molecule has 0 aliphatic carbocycles. The Bertz CT molecular complexity index is 874. The van der Waals surface area contributed by atoms with E-state index in [2.05, 4.69) is 31.6 Å². The fourth-order valence-corrected chi connectivity index (χ4v) is 4.86. The van der Waals surface area contributed by atoms with Gasteiger partial charge in [-0.15, -0.1) is 0 Å². The largest absolute Gasteiger partial charge is 0.481 e. The molecule has 1 atom stereocenters. The van der Waals surface area contributed by atoms with Crippen LogP contribution in [0.5, 0.6) is 5.88 Å². The summed E-state index contributed by atoms with van der Waals surface area (Å²) in [6.07, 6.45) is 9.56. The lowest BCUT2D eigenvalue weighted by Gasteiger charge is -2.52. The molecule has 4 aliphatic heterocycles. The van der Waals surface area contributed by atoms with Gasteiger partial charge in [0.05, 0.1) is 12.6 Å². The van der Waals surface area contributed by atoms with Gasteiger partial charge in [0, 0.05) is 24.5 Å². The van der Waals surface area contributed by atoms with Gasteiger partial charge in [0.1, 0.15) is 11.6 Å².